The van der Waals surface area contributed by atoms with Gasteiger partial charge < -0.3 is 4.74 Å². The molecular weight excluding hydrogens is 371 g/mol. The van der Waals surface area contributed by atoms with Gasteiger partial charge >= 0.3 is 6.18 Å². The number of nitriles is 1. The number of aliphatic imine (C=N–C) groups is 1. The third kappa shape index (κ3) is 4.03. The van der Waals surface area contributed by atoms with E-state index in [1.165, 1.54) is 6.08 Å². The van der Waals surface area contributed by atoms with Crippen LogP contribution >= 0.6 is 11.6 Å². The van der Waals surface area contributed by atoms with Gasteiger partial charge in [0, 0.05) is 23.0 Å². The van der Waals surface area contributed by atoms with Crippen molar-refractivity contribution in [3.05, 3.63) is 41.1 Å². The van der Waals surface area contributed by atoms with Gasteiger partial charge in [-0.3, -0.25) is 4.99 Å². The first-order valence-electron chi connectivity index (χ1n) is 7.41. The summed E-state index contributed by atoms with van der Waals surface area (Å²) in [6, 6.07) is 6.70. The van der Waals surface area contributed by atoms with Crippen LogP contribution in [0.4, 0.5) is 13.2 Å². The number of aromatic amines is 1. The molecule has 0 radical (unpaired) electrons. The number of halogens is 4. The van der Waals surface area contributed by atoms with Crippen molar-refractivity contribution >= 4 is 17.3 Å². The van der Waals surface area contributed by atoms with E-state index < -0.39 is 11.9 Å². The Kier molecular flexibility index (Phi) is 4.95. The van der Waals surface area contributed by atoms with Gasteiger partial charge in [0.25, 0.3) is 0 Å². The Balaban J connectivity index is 1.70. The number of benzene rings is 1. The molecule has 0 aliphatic carbocycles. The summed E-state index contributed by atoms with van der Waals surface area (Å²) >= 11 is 6.07. The number of hydrogen-bond donors (Lipinski definition) is 1. The molecule has 1 atom stereocenters. The number of aromatic nitrogens is 3. The summed E-state index contributed by atoms with van der Waals surface area (Å²) in [6.45, 7) is 0.121. The molecule has 3 rings (SSSR count). The fraction of sp³-hybridized carbons (Fsp3) is 0.250. The lowest BCUT2D eigenvalue weighted by molar-refractivity contribution is -0.0581. The maximum absolute atomic E-state index is 12.5. The van der Waals surface area contributed by atoms with Crippen molar-refractivity contribution < 1.29 is 17.9 Å². The lowest BCUT2D eigenvalue weighted by Gasteiger charge is -2.18. The zero-order chi connectivity index (χ0) is 18.7. The summed E-state index contributed by atoms with van der Waals surface area (Å²) in [7, 11) is 0. The molecule has 1 unspecified atom stereocenters. The van der Waals surface area contributed by atoms with E-state index in [0.717, 1.165) is 6.08 Å². The topological polar surface area (TPSA) is 87.0 Å². The summed E-state index contributed by atoms with van der Waals surface area (Å²) in [5, 5.41) is 19.4. The number of rotatable bonds is 4. The highest BCUT2D eigenvalue weighted by Gasteiger charge is 2.35. The van der Waals surface area contributed by atoms with E-state index in [4.69, 9.17) is 21.6 Å². The second-order valence-corrected chi connectivity index (χ2v) is 5.90. The van der Waals surface area contributed by atoms with E-state index in [-0.39, 0.29) is 24.8 Å². The minimum Gasteiger partial charge on any atom is -0.493 e. The molecule has 134 valence electrons. The number of nitrogens with one attached hydrogen (secondary N) is 1. The van der Waals surface area contributed by atoms with Crippen LogP contribution in [0.5, 0.6) is 5.75 Å². The molecule has 10 heteroatoms. The van der Waals surface area contributed by atoms with E-state index in [0.29, 0.717) is 22.0 Å². The summed E-state index contributed by atoms with van der Waals surface area (Å²) in [5.41, 5.74) is 0.0856. The third-order valence-corrected chi connectivity index (χ3v) is 3.79. The largest absolute Gasteiger partial charge is 0.493 e. The highest BCUT2D eigenvalue weighted by Crippen LogP contribution is 2.29. The maximum atomic E-state index is 12.5. The Bertz CT molecular complexity index is 913. The summed E-state index contributed by atoms with van der Waals surface area (Å²) in [5.74, 6) is 0.114. The van der Waals surface area contributed by atoms with Crippen molar-refractivity contribution in [1.82, 2.24) is 15.4 Å². The minimum absolute atomic E-state index is 0.0133. The van der Waals surface area contributed by atoms with Crippen LogP contribution in [0.15, 0.2) is 35.3 Å². The van der Waals surface area contributed by atoms with Crippen LogP contribution in [0.3, 0.4) is 0 Å². The van der Waals surface area contributed by atoms with Crippen LogP contribution in [-0.4, -0.2) is 40.5 Å². The molecule has 0 bridgehead atoms. The SMILES string of the molecule is N#Cc1n[nH]nc1-c1cc(Cl)cc(OCC2C=CC(C(F)(F)F)=NC2)c1. The fourth-order valence-corrected chi connectivity index (χ4v) is 2.57. The lowest BCUT2D eigenvalue weighted by Crippen LogP contribution is -2.26. The monoisotopic (exact) mass is 381 g/mol. The molecule has 0 saturated carbocycles. The summed E-state index contributed by atoms with van der Waals surface area (Å²) in [4.78, 5) is 3.53. The zero-order valence-corrected chi connectivity index (χ0v) is 13.8. The van der Waals surface area contributed by atoms with Gasteiger partial charge in [0.05, 0.1) is 6.61 Å². The van der Waals surface area contributed by atoms with Gasteiger partial charge in [0.15, 0.2) is 5.69 Å². The normalized spacial score (nSPS) is 16.9. The molecule has 26 heavy (non-hydrogen) atoms. The molecule has 0 saturated heterocycles. The smallest absolute Gasteiger partial charge is 0.432 e. The lowest BCUT2D eigenvalue weighted by atomic mass is 10.1. The van der Waals surface area contributed by atoms with Gasteiger partial charge in [-0.05, 0) is 24.3 Å². The van der Waals surface area contributed by atoms with Crippen LogP contribution < -0.4 is 4.74 Å². The predicted molar refractivity (Wildman–Crippen MR) is 88.0 cm³/mol. The summed E-state index contributed by atoms with van der Waals surface area (Å²) < 4.78 is 43.3. The van der Waals surface area contributed by atoms with Crippen molar-refractivity contribution in [2.45, 2.75) is 6.18 Å². The van der Waals surface area contributed by atoms with Crippen LogP contribution in [0.25, 0.3) is 11.3 Å². The first-order valence-corrected chi connectivity index (χ1v) is 7.79. The van der Waals surface area contributed by atoms with Crippen LogP contribution in [0.2, 0.25) is 5.02 Å². The number of ether oxygens (including phenoxy) is 1. The Morgan fingerprint density at radius 2 is 2.12 bits per heavy atom. The molecule has 0 amide bonds. The first kappa shape index (κ1) is 17.9. The molecule has 2 aromatic rings. The van der Waals surface area contributed by atoms with Crippen molar-refractivity contribution in [2.24, 2.45) is 10.9 Å². The van der Waals surface area contributed by atoms with E-state index >= 15 is 0 Å². The predicted octanol–water partition coefficient (Wildman–Crippen LogP) is 3.56. The Morgan fingerprint density at radius 1 is 1.31 bits per heavy atom. The van der Waals surface area contributed by atoms with Gasteiger partial charge in [-0.1, -0.05) is 17.7 Å². The van der Waals surface area contributed by atoms with Crippen LogP contribution in [0.1, 0.15) is 5.69 Å². The van der Waals surface area contributed by atoms with Gasteiger partial charge in [-0.2, -0.15) is 28.7 Å². The molecule has 1 aromatic heterocycles. The van der Waals surface area contributed by atoms with Crippen LogP contribution in [-0.2, 0) is 0 Å². The van der Waals surface area contributed by atoms with Crippen molar-refractivity contribution in [1.29, 1.82) is 5.26 Å². The highest BCUT2D eigenvalue weighted by atomic mass is 35.5. The molecule has 1 aliphatic rings. The number of nitrogens with zero attached hydrogens (tertiary/aromatic N) is 4. The summed E-state index contributed by atoms with van der Waals surface area (Å²) in [6.07, 6.45) is -2.07. The van der Waals surface area contributed by atoms with Gasteiger partial charge in [-0.15, -0.1) is 5.10 Å². The standard InChI is InChI=1S/C16H11ClF3N5O/c17-11-3-10(15-13(6-21)23-25-24-15)4-12(5-11)26-8-9-1-2-14(22-7-9)16(18,19)20/h1-5,9H,7-8H2,(H,23,24,25). The van der Waals surface area contributed by atoms with E-state index in [9.17, 15) is 13.2 Å². The number of dihydropyridines is 1. The van der Waals surface area contributed by atoms with Gasteiger partial charge in [0.2, 0.25) is 0 Å². The number of H-pyrrole nitrogens is 1. The Hall–Kier alpha value is -2.86. The van der Waals surface area contributed by atoms with Crippen LogP contribution in [0, 0.1) is 17.2 Å². The molecule has 2 heterocycles. The molecule has 1 N–H and O–H groups in total. The zero-order valence-electron chi connectivity index (χ0n) is 13.1. The minimum atomic E-state index is -4.44. The molecule has 1 aromatic carbocycles. The van der Waals surface area contributed by atoms with Crippen molar-refractivity contribution in [3.63, 3.8) is 0 Å². The third-order valence-electron chi connectivity index (χ3n) is 3.58. The molecule has 0 fully saturated rings. The second-order valence-electron chi connectivity index (χ2n) is 5.46. The highest BCUT2D eigenvalue weighted by molar-refractivity contribution is 6.31. The van der Waals surface area contributed by atoms with E-state index in [2.05, 4.69) is 20.4 Å². The maximum Gasteiger partial charge on any atom is 0.432 e. The Labute approximate surface area is 150 Å². The average molecular weight is 382 g/mol. The van der Waals surface area contributed by atoms with Gasteiger partial charge in [-0.25, -0.2) is 0 Å². The quantitative estimate of drug-likeness (QED) is 0.877. The van der Waals surface area contributed by atoms with E-state index in [1.807, 2.05) is 6.07 Å². The molecular formula is C16H11ClF3N5O. The molecule has 6 nitrogen and oxygen atoms in total. The number of alkyl halides is 3. The van der Waals surface area contributed by atoms with Crippen molar-refractivity contribution in [2.75, 3.05) is 13.2 Å². The number of allylic oxidation sites excluding steroid dienone is 1. The van der Waals surface area contributed by atoms with E-state index in [1.54, 1.807) is 18.2 Å². The fourth-order valence-electron chi connectivity index (χ4n) is 2.34. The first-order chi connectivity index (χ1) is 12.4. The molecule has 0 spiro atoms. The van der Waals surface area contributed by atoms with Crippen molar-refractivity contribution in [3.8, 4) is 23.1 Å². The van der Waals surface area contributed by atoms with Gasteiger partial charge in [0.1, 0.15) is 23.2 Å². The molecule has 1 aliphatic heterocycles. The number of hydrogen-bond acceptors (Lipinski definition) is 5. The Morgan fingerprint density at radius 3 is 2.77 bits per heavy atom. The second kappa shape index (κ2) is 7.17. The average Bonchev–Trinajstić information content (AvgIpc) is 3.08.